The molecular formula is C23H28N4OS. The number of amides is 1. The van der Waals surface area contributed by atoms with Crippen LogP contribution in [0.5, 0.6) is 0 Å². The molecule has 29 heavy (non-hydrogen) atoms. The van der Waals surface area contributed by atoms with Crippen molar-refractivity contribution in [3.63, 3.8) is 0 Å². The van der Waals surface area contributed by atoms with Crippen molar-refractivity contribution >= 4 is 33.3 Å². The summed E-state index contributed by atoms with van der Waals surface area (Å²) in [7, 11) is 0. The number of thiophene rings is 1. The van der Waals surface area contributed by atoms with Gasteiger partial charge in [-0.15, -0.1) is 11.3 Å². The van der Waals surface area contributed by atoms with Crippen molar-refractivity contribution in [2.75, 3.05) is 24.5 Å². The predicted octanol–water partition coefficient (Wildman–Crippen LogP) is 4.14. The average molecular weight is 409 g/mol. The normalized spacial score (nSPS) is 16.9. The van der Waals surface area contributed by atoms with Gasteiger partial charge in [0.05, 0.1) is 11.3 Å². The second-order valence-electron chi connectivity index (χ2n) is 7.79. The first-order valence-electron chi connectivity index (χ1n) is 10.5. The van der Waals surface area contributed by atoms with E-state index in [1.807, 2.05) is 0 Å². The van der Waals surface area contributed by atoms with Gasteiger partial charge in [-0.05, 0) is 44.2 Å². The molecule has 1 aliphatic rings. The van der Waals surface area contributed by atoms with Gasteiger partial charge in [-0.3, -0.25) is 4.79 Å². The summed E-state index contributed by atoms with van der Waals surface area (Å²) in [6.45, 7) is 6.59. The molecule has 1 unspecified atom stereocenters. The van der Waals surface area contributed by atoms with E-state index >= 15 is 0 Å². The lowest BCUT2D eigenvalue weighted by molar-refractivity contribution is -0.125. The minimum atomic E-state index is 0.0102. The van der Waals surface area contributed by atoms with E-state index in [0.29, 0.717) is 6.54 Å². The fourth-order valence-corrected chi connectivity index (χ4v) is 4.86. The summed E-state index contributed by atoms with van der Waals surface area (Å²) in [6.07, 6.45) is 5.46. The number of hydrogen-bond donors (Lipinski definition) is 1. The Bertz CT molecular complexity index is 982. The van der Waals surface area contributed by atoms with Crippen LogP contribution < -0.4 is 10.2 Å². The fraction of sp³-hybridized carbons (Fsp3) is 0.435. The van der Waals surface area contributed by atoms with Gasteiger partial charge in [0.2, 0.25) is 5.91 Å². The SMILES string of the molecule is CCc1cc2c(N3CCCC(C(=O)NCCc4ccc(C)cc4)C3)ncnc2s1. The molecule has 0 aliphatic carbocycles. The minimum Gasteiger partial charge on any atom is -0.355 e. The molecule has 1 fully saturated rings. The molecule has 1 amide bonds. The van der Waals surface area contributed by atoms with E-state index in [9.17, 15) is 4.79 Å². The monoisotopic (exact) mass is 408 g/mol. The van der Waals surface area contributed by atoms with Crippen LogP contribution in [0.4, 0.5) is 5.82 Å². The van der Waals surface area contributed by atoms with Crippen molar-refractivity contribution in [1.29, 1.82) is 0 Å². The zero-order chi connectivity index (χ0) is 20.2. The van der Waals surface area contributed by atoms with Crippen LogP contribution in [-0.2, 0) is 17.6 Å². The molecule has 1 N–H and O–H groups in total. The summed E-state index contributed by atoms with van der Waals surface area (Å²) in [5.74, 6) is 1.14. The minimum absolute atomic E-state index is 0.0102. The van der Waals surface area contributed by atoms with Gasteiger partial charge in [-0.25, -0.2) is 9.97 Å². The third-order valence-corrected chi connectivity index (χ3v) is 6.82. The van der Waals surface area contributed by atoms with Crippen LogP contribution in [0.25, 0.3) is 10.2 Å². The molecule has 1 aromatic carbocycles. The van der Waals surface area contributed by atoms with E-state index in [0.717, 1.165) is 54.8 Å². The molecule has 0 radical (unpaired) electrons. The zero-order valence-corrected chi connectivity index (χ0v) is 18.0. The first-order chi connectivity index (χ1) is 14.1. The van der Waals surface area contributed by atoms with Crippen molar-refractivity contribution in [1.82, 2.24) is 15.3 Å². The largest absolute Gasteiger partial charge is 0.355 e. The highest BCUT2D eigenvalue weighted by Gasteiger charge is 2.27. The third kappa shape index (κ3) is 4.58. The number of benzene rings is 1. The Morgan fingerprint density at radius 1 is 1.28 bits per heavy atom. The molecule has 152 valence electrons. The van der Waals surface area contributed by atoms with E-state index in [1.165, 1.54) is 16.0 Å². The molecule has 6 heteroatoms. The standard InChI is InChI=1S/C23H28N4OS/c1-3-19-13-20-21(25-15-26-23(20)29-19)27-12-4-5-18(14-27)22(28)24-11-10-17-8-6-16(2)7-9-17/h6-9,13,15,18H,3-5,10-12,14H2,1-2H3,(H,24,28). The first kappa shape index (κ1) is 19.8. The third-order valence-electron chi connectivity index (χ3n) is 5.63. The Balaban J connectivity index is 1.38. The van der Waals surface area contributed by atoms with Crippen LogP contribution in [0.1, 0.15) is 35.8 Å². The predicted molar refractivity (Wildman–Crippen MR) is 120 cm³/mol. The van der Waals surface area contributed by atoms with Crippen LogP contribution in [0.2, 0.25) is 0 Å². The van der Waals surface area contributed by atoms with Gasteiger partial charge in [-0.1, -0.05) is 36.8 Å². The van der Waals surface area contributed by atoms with Gasteiger partial charge in [0.1, 0.15) is 17.0 Å². The Kier molecular flexibility index (Phi) is 6.09. The van der Waals surface area contributed by atoms with Crippen molar-refractivity contribution in [2.45, 2.75) is 39.5 Å². The number of nitrogens with zero attached hydrogens (tertiary/aromatic N) is 3. The molecule has 5 nitrogen and oxygen atoms in total. The molecule has 4 rings (SSSR count). The Hall–Kier alpha value is -2.47. The molecule has 0 saturated carbocycles. The van der Waals surface area contributed by atoms with E-state index in [-0.39, 0.29) is 11.8 Å². The number of carbonyl (C=O) groups excluding carboxylic acids is 1. The fourth-order valence-electron chi connectivity index (χ4n) is 3.93. The summed E-state index contributed by atoms with van der Waals surface area (Å²) >= 11 is 1.74. The number of nitrogens with one attached hydrogen (secondary N) is 1. The van der Waals surface area contributed by atoms with Gasteiger partial charge < -0.3 is 10.2 Å². The average Bonchev–Trinajstić information content (AvgIpc) is 3.18. The molecule has 3 heterocycles. The molecular weight excluding hydrogens is 380 g/mol. The summed E-state index contributed by atoms with van der Waals surface area (Å²) in [5.41, 5.74) is 2.52. The van der Waals surface area contributed by atoms with E-state index in [2.05, 4.69) is 64.4 Å². The quantitative estimate of drug-likeness (QED) is 0.666. The lowest BCUT2D eigenvalue weighted by atomic mass is 9.97. The highest BCUT2D eigenvalue weighted by atomic mass is 32.1. The lowest BCUT2D eigenvalue weighted by Crippen LogP contribution is -2.43. The molecule has 1 aliphatic heterocycles. The lowest BCUT2D eigenvalue weighted by Gasteiger charge is -2.33. The number of hydrogen-bond acceptors (Lipinski definition) is 5. The number of aryl methyl sites for hydroxylation is 2. The second-order valence-corrected chi connectivity index (χ2v) is 8.91. The Morgan fingerprint density at radius 3 is 2.90 bits per heavy atom. The maximum atomic E-state index is 12.8. The summed E-state index contributed by atoms with van der Waals surface area (Å²) in [4.78, 5) is 26.4. The highest BCUT2D eigenvalue weighted by Crippen LogP contribution is 2.32. The van der Waals surface area contributed by atoms with Gasteiger partial charge in [0.25, 0.3) is 0 Å². The van der Waals surface area contributed by atoms with Crippen LogP contribution >= 0.6 is 11.3 Å². The van der Waals surface area contributed by atoms with Gasteiger partial charge in [-0.2, -0.15) is 0 Å². The van der Waals surface area contributed by atoms with Crippen LogP contribution in [0.15, 0.2) is 36.7 Å². The van der Waals surface area contributed by atoms with Crippen LogP contribution in [0.3, 0.4) is 0 Å². The van der Waals surface area contributed by atoms with Crippen molar-refractivity contribution in [3.8, 4) is 0 Å². The van der Waals surface area contributed by atoms with Crippen LogP contribution in [0, 0.1) is 12.8 Å². The van der Waals surface area contributed by atoms with Gasteiger partial charge >= 0.3 is 0 Å². The molecule has 0 bridgehead atoms. The van der Waals surface area contributed by atoms with Crippen molar-refractivity contribution < 1.29 is 4.79 Å². The van der Waals surface area contributed by atoms with Crippen molar-refractivity contribution in [2.24, 2.45) is 5.92 Å². The summed E-state index contributed by atoms with van der Waals surface area (Å²) < 4.78 is 0. The second kappa shape index (κ2) is 8.91. The highest BCUT2D eigenvalue weighted by molar-refractivity contribution is 7.18. The molecule has 1 saturated heterocycles. The number of fused-ring (bicyclic) bond motifs is 1. The zero-order valence-electron chi connectivity index (χ0n) is 17.1. The number of piperidine rings is 1. The molecule has 0 spiro atoms. The van der Waals surface area contributed by atoms with Gasteiger partial charge in [0.15, 0.2) is 0 Å². The van der Waals surface area contributed by atoms with E-state index < -0.39 is 0 Å². The summed E-state index contributed by atoms with van der Waals surface area (Å²) in [5, 5.41) is 4.26. The maximum Gasteiger partial charge on any atom is 0.224 e. The number of rotatable bonds is 6. The first-order valence-corrected chi connectivity index (χ1v) is 11.3. The molecule has 3 aromatic rings. The Labute approximate surface area is 176 Å². The number of carbonyl (C=O) groups is 1. The molecule has 2 aromatic heterocycles. The van der Waals surface area contributed by atoms with E-state index in [4.69, 9.17) is 0 Å². The van der Waals surface area contributed by atoms with Gasteiger partial charge in [0, 0.05) is 24.5 Å². The summed E-state index contributed by atoms with van der Waals surface area (Å²) in [6, 6.07) is 10.7. The van der Waals surface area contributed by atoms with Crippen LogP contribution in [-0.4, -0.2) is 35.5 Å². The Morgan fingerprint density at radius 2 is 2.10 bits per heavy atom. The number of aromatic nitrogens is 2. The molecule has 1 atom stereocenters. The number of anilines is 1. The van der Waals surface area contributed by atoms with E-state index in [1.54, 1.807) is 17.7 Å². The van der Waals surface area contributed by atoms with Crippen molar-refractivity contribution in [3.05, 3.63) is 52.7 Å². The smallest absolute Gasteiger partial charge is 0.224 e. The maximum absolute atomic E-state index is 12.8. The topological polar surface area (TPSA) is 58.1 Å².